The van der Waals surface area contributed by atoms with Crippen LogP contribution in [0.1, 0.15) is 49.7 Å². The van der Waals surface area contributed by atoms with Gasteiger partial charge in [0.2, 0.25) is 5.89 Å². The van der Waals surface area contributed by atoms with Gasteiger partial charge in [-0.1, -0.05) is 24.2 Å². The average Bonchev–Trinajstić information content (AvgIpc) is 3.04. The quantitative estimate of drug-likeness (QED) is 0.846. The first-order valence-corrected chi connectivity index (χ1v) is 8.11. The first kappa shape index (κ1) is 16.1. The van der Waals surface area contributed by atoms with Gasteiger partial charge in [0.15, 0.2) is 5.82 Å². The standard InChI is InChI=1S/C17H22FN3O2/c1-3-4-16-19-17(23-20-16)12(2)21-9-10-22-15(11-21)13-5-7-14(18)8-6-13/h5-8,12,15H,3-4,9-11H2,1-2H3. The monoisotopic (exact) mass is 319 g/mol. The summed E-state index contributed by atoms with van der Waals surface area (Å²) in [6.07, 6.45) is 1.76. The van der Waals surface area contributed by atoms with Crippen LogP contribution < -0.4 is 0 Å². The molecule has 124 valence electrons. The lowest BCUT2D eigenvalue weighted by atomic mass is 10.1. The van der Waals surface area contributed by atoms with E-state index in [0.29, 0.717) is 12.5 Å². The average molecular weight is 319 g/mol. The summed E-state index contributed by atoms with van der Waals surface area (Å²) in [6, 6.07) is 6.53. The van der Waals surface area contributed by atoms with Gasteiger partial charge in [-0.2, -0.15) is 4.98 Å². The molecule has 3 rings (SSSR count). The van der Waals surface area contributed by atoms with E-state index in [9.17, 15) is 4.39 Å². The minimum absolute atomic E-state index is 0.0416. The van der Waals surface area contributed by atoms with Crippen LogP contribution in [0.2, 0.25) is 0 Å². The van der Waals surface area contributed by atoms with E-state index in [4.69, 9.17) is 9.26 Å². The molecule has 2 unspecified atom stereocenters. The molecule has 6 heteroatoms. The number of aryl methyl sites for hydroxylation is 1. The molecular weight excluding hydrogens is 297 g/mol. The molecule has 2 atom stereocenters. The molecule has 0 radical (unpaired) electrons. The summed E-state index contributed by atoms with van der Waals surface area (Å²) in [5, 5.41) is 4.02. The van der Waals surface area contributed by atoms with E-state index in [1.165, 1.54) is 12.1 Å². The molecule has 0 bridgehead atoms. The highest BCUT2D eigenvalue weighted by molar-refractivity contribution is 5.19. The van der Waals surface area contributed by atoms with Crippen molar-refractivity contribution >= 4 is 0 Å². The minimum Gasteiger partial charge on any atom is -0.371 e. The molecular formula is C17H22FN3O2. The summed E-state index contributed by atoms with van der Waals surface area (Å²) in [5.74, 6) is 1.18. The van der Waals surface area contributed by atoms with Gasteiger partial charge in [0.05, 0.1) is 18.8 Å². The van der Waals surface area contributed by atoms with Gasteiger partial charge in [0.1, 0.15) is 5.82 Å². The molecule has 0 N–H and O–H groups in total. The number of rotatable bonds is 5. The number of halogens is 1. The van der Waals surface area contributed by atoms with Crippen molar-refractivity contribution in [1.29, 1.82) is 0 Å². The van der Waals surface area contributed by atoms with Gasteiger partial charge in [0, 0.05) is 19.5 Å². The zero-order valence-electron chi connectivity index (χ0n) is 13.5. The summed E-state index contributed by atoms with van der Waals surface area (Å²) in [6.45, 7) is 6.32. The first-order chi connectivity index (χ1) is 11.2. The van der Waals surface area contributed by atoms with Crippen molar-refractivity contribution in [3.8, 4) is 0 Å². The van der Waals surface area contributed by atoms with Gasteiger partial charge in [-0.25, -0.2) is 4.39 Å². The van der Waals surface area contributed by atoms with Crippen molar-refractivity contribution in [2.24, 2.45) is 0 Å². The normalized spacial score (nSPS) is 20.6. The Bertz CT molecular complexity index is 629. The Morgan fingerprint density at radius 3 is 2.87 bits per heavy atom. The number of nitrogens with zero attached hydrogens (tertiary/aromatic N) is 3. The highest BCUT2D eigenvalue weighted by Crippen LogP contribution is 2.28. The Hall–Kier alpha value is -1.79. The Kier molecular flexibility index (Phi) is 5.03. The van der Waals surface area contributed by atoms with Crippen LogP contribution in [0, 0.1) is 5.82 Å². The van der Waals surface area contributed by atoms with Crippen LogP contribution in [0.5, 0.6) is 0 Å². The van der Waals surface area contributed by atoms with E-state index in [0.717, 1.165) is 37.3 Å². The molecule has 1 aliphatic heterocycles. The zero-order chi connectivity index (χ0) is 16.2. The van der Waals surface area contributed by atoms with Gasteiger partial charge in [-0.05, 0) is 31.0 Å². The van der Waals surface area contributed by atoms with Crippen molar-refractivity contribution in [3.63, 3.8) is 0 Å². The lowest BCUT2D eigenvalue weighted by molar-refractivity contribution is -0.0469. The fraction of sp³-hybridized carbons (Fsp3) is 0.529. The van der Waals surface area contributed by atoms with Crippen LogP contribution in [-0.2, 0) is 11.2 Å². The fourth-order valence-electron chi connectivity index (χ4n) is 2.82. The van der Waals surface area contributed by atoms with E-state index < -0.39 is 0 Å². The molecule has 0 aliphatic carbocycles. The molecule has 1 saturated heterocycles. The van der Waals surface area contributed by atoms with Crippen LogP contribution in [-0.4, -0.2) is 34.7 Å². The number of hydrogen-bond donors (Lipinski definition) is 0. The second kappa shape index (κ2) is 7.19. The van der Waals surface area contributed by atoms with E-state index >= 15 is 0 Å². The van der Waals surface area contributed by atoms with Crippen molar-refractivity contribution < 1.29 is 13.7 Å². The van der Waals surface area contributed by atoms with Crippen molar-refractivity contribution in [1.82, 2.24) is 15.0 Å². The Morgan fingerprint density at radius 1 is 1.35 bits per heavy atom. The molecule has 1 aromatic heterocycles. The maximum absolute atomic E-state index is 13.1. The highest BCUT2D eigenvalue weighted by Gasteiger charge is 2.28. The van der Waals surface area contributed by atoms with Crippen molar-refractivity contribution in [2.45, 2.75) is 38.8 Å². The van der Waals surface area contributed by atoms with E-state index in [1.54, 1.807) is 12.1 Å². The number of benzene rings is 1. The molecule has 2 aromatic rings. The van der Waals surface area contributed by atoms with Crippen molar-refractivity contribution in [3.05, 3.63) is 47.4 Å². The Labute approximate surface area is 135 Å². The van der Waals surface area contributed by atoms with Gasteiger partial charge < -0.3 is 9.26 Å². The molecule has 5 nitrogen and oxygen atoms in total. The number of hydrogen-bond acceptors (Lipinski definition) is 5. The smallest absolute Gasteiger partial charge is 0.243 e. The number of aromatic nitrogens is 2. The van der Waals surface area contributed by atoms with Crippen LogP contribution in [0.25, 0.3) is 0 Å². The third kappa shape index (κ3) is 3.76. The molecule has 1 aromatic carbocycles. The van der Waals surface area contributed by atoms with Gasteiger partial charge in [0.25, 0.3) is 0 Å². The topological polar surface area (TPSA) is 51.4 Å². The maximum Gasteiger partial charge on any atom is 0.243 e. The Morgan fingerprint density at radius 2 is 2.13 bits per heavy atom. The zero-order valence-corrected chi connectivity index (χ0v) is 13.5. The molecule has 1 fully saturated rings. The van der Waals surface area contributed by atoms with Gasteiger partial charge in [-0.15, -0.1) is 0 Å². The van der Waals surface area contributed by atoms with E-state index in [-0.39, 0.29) is 18.0 Å². The molecule has 0 saturated carbocycles. The summed E-state index contributed by atoms with van der Waals surface area (Å²) in [4.78, 5) is 6.74. The fourth-order valence-corrected chi connectivity index (χ4v) is 2.82. The van der Waals surface area contributed by atoms with Crippen LogP contribution in [0.15, 0.2) is 28.8 Å². The molecule has 2 heterocycles. The third-order valence-corrected chi connectivity index (χ3v) is 4.20. The summed E-state index contributed by atoms with van der Waals surface area (Å²) < 4.78 is 24.3. The van der Waals surface area contributed by atoms with Crippen LogP contribution in [0.3, 0.4) is 0 Å². The van der Waals surface area contributed by atoms with Crippen LogP contribution >= 0.6 is 0 Å². The lowest BCUT2D eigenvalue weighted by Crippen LogP contribution is -2.40. The van der Waals surface area contributed by atoms with Crippen molar-refractivity contribution in [2.75, 3.05) is 19.7 Å². The van der Waals surface area contributed by atoms with E-state index in [2.05, 4.69) is 28.9 Å². The largest absolute Gasteiger partial charge is 0.371 e. The second-order valence-corrected chi connectivity index (χ2v) is 5.88. The lowest BCUT2D eigenvalue weighted by Gasteiger charge is -2.35. The molecule has 0 amide bonds. The SMILES string of the molecule is CCCc1noc(C(C)N2CCOC(c3ccc(F)cc3)C2)n1. The molecule has 0 spiro atoms. The van der Waals surface area contributed by atoms with Gasteiger partial charge >= 0.3 is 0 Å². The van der Waals surface area contributed by atoms with Crippen LogP contribution in [0.4, 0.5) is 4.39 Å². The predicted octanol–water partition coefficient (Wildman–Crippen LogP) is 3.30. The number of ether oxygens (including phenoxy) is 1. The van der Waals surface area contributed by atoms with Gasteiger partial charge in [-0.3, -0.25) is 4.90 Å². The summed E-state index contributed by atoms with van der Waals surface area (Å²) in [7, 11) is 0. The Balaban J connectivity index is 1.68. The van der Waals surface area contributed by atoms with E-state index in [1.807, 2.05) is 0 Å². The second-order valence-electron chi connectivity index (χ2n) is 5.88. The summed E-state index contributed by atoms with van der Waals surface area (Å²) >= 11 is 0. The summed E-state index contributed by atoms with van der Waals surface area (Å²) in [5.41, 5.74) is 0.987. The predicted molar refractivity (Wildman–Crippen MR) is 83.4 cm³/mol. The highest BCUT2D eigenvalue weighted by atomic mass is 19.1. The maximum atomic E-state index is 13.1. The molecule has 1 aliphatic rings. The molecule has 23 heavy (non-hydrogen) atoms. The first-order valence-electron chi connectivity index (χ1n) is 8.11. The third-order valence-electron chi connectivity index (χ3n) is 4.20. The number of morpholine rings is 1. The minimum atomic E-state index is -0.232.